The van der Waals surface area contributed by atoms with Crippen LogP contribution in [0.5, 0.6) is 0 Å². The molecule has 0 bridgehead atoms. The van der Waals surface area contributed by atoms with E-state index in [1.807, 2.05) is 0 Å². The standard InChI is InChI=1S/C14H22/c1-2-10(1)9-14(11-3-4-11,12-5-6-12)13-7-8-13/h10-13H,1-9H2. The van der Waals surface area contributed by atoms with E-state index in [9.17, 15) is 0 Å². The minimum Gasteiger partial charge on any atom is -0.0502 e. The summed E-state index contributed by atoms with van der Waals surface area (Å²) in [5.41, 5.74) is 0.918. The lowest BCUT2D eigenvalue weighted by Crippen LogP contribution is -2.29. The van der Waals surface area contributed by atoms with Crippen molar-refractivity contribution >= 4 is 0 Å². The SMILES string of the molecule is C1CC1CC(C1CC1)(C1CC1)C1CC1. The van der Waals surface area contributed by atoms with Crippen LogP contribution in [-0.2, 0) is 0 Å². The van der Waals surface area contributed by atoms with Gasteiger partial charge in [-0.2, -0.15) is 0 Å². The third-order valence-corrected chi connectivity index (χ3v) is 5.35. The molecule has 0 unspecified atom stereocenters. The molecule has 0 amide bonds. The first-order chi connectivity index (χ1) is 6.89. The van der Waals surface area contributed by atoms with E-state index >= 15 is 0 Å². The summed E-state index contributed by atoms with van der Waals surface area (Å²) in [6, 6.07) is 0. The predicted octanol–water partition coefficient (Wildman–Crippen LogP) is 4.00. The summed E-state index contributed by atoms with van der Waals surface area (Å²) >= 11 is 0. The second kappa shape index (κ2) is 2.57. The average Bonchev–Trinajstić information content (AvgIpc) is 3.10. The second-order valence-electron chi connectivity index (χ2n) is 6.58. The Morgan fingerprint density at radius 1 is 0.643 bits per heavy atom. The Balaban J connectivity index is 1.61. The first-order valence-corrected chi connectivity index (χ1v) is 6.89. The maximum absolute atomic E-state index is 1.66. The van der Waals surface area contributed by atoms with E-state index in [-0.39, 0.29) is 0 Å². The zero-order valence-corrected chi connectivity index (χ0v) is 9.17. The van der Waals surface area contributed by atoms with Gasteiger partial charge in [0, 0.05) is 0 Å². The van der Waals surface area contributed by atoms with Crippen molar-refractivity contribution in [3.8, 4) is 0 Å². The van der Waals surface area contributed by atoms with Gasteiger partial charge in [0.2, 0.25) is 0 Å². The Kier molecular flexibility index (Phi) is 1.50. The van der Waals surface area contributed by atoms with E-state index < -0.39 is 0 Å². The quantitative estimate of drug-likeness (QED) is 0.614. The van der Waals surface area contributed by atoms with E-state index in [4.69, 9.17) is 0 Å². The van der Waals surface area contributed by atoms with E-state index in [1.54, 1.807) is 57.8 Å². The fraction of sp³-hybridized carbons (Fsp3) is 1.00. The highest BCUT2D eigenvalue weighted by Gasteiger charge is 2.61. The minimum absolute atomic E-state index is 0.918. The van der Waals surface area contributed by atoms with E-state index in [2.05, 4.69) is 0 Å². The summed E-state index contributed by atoms with van der Waals surface area (Å²) in [5, 5.41) is 0. The summed E-state index contributed by atoms with van der Waals surface area (Å²) in [5.74, 6) is 4.77. The molecule has 4 rings (SSSR count). The predicted molar refractivity (Wildman–Crippen MR) is 57.9 cm³/mol. The van der Waals surface area contributed by atoms with Crippen LogP contribution in [0.2, 0.25) is 0 Å². The molecule has 14 heavy (non-hydrogen) atoms. The fourth-order valence-corrected chi connectivity index (χ4v) is 4.18. The van der Waals surface area contributed by atoms with Crippen molar-refractivity contribution in [2.75, 3.05) is 0 Å². The van der Waals surface area contributed by atoms with Crippen LogP contribution in [0.1, 0.15) is 57.8 Å². The summed E-state index contributed by atoms with van der Waals surface area (Å²) in [6.45, 7) is 0. The lowest BCUT2D eigenvalue weighted by atomic mass is 9.69. The minimum atomic E-state index is 0.918. The second-order valence-corrected chi connectivity index (χ2v) is 6.58. The van der Waals surface area contributed by atoms with E-state index in [0.717, 1.165) is 5.41 Å². The van der Waals surface area contributed by atoms with Crippen LogP contribution in [-0.4, -0.2) is 0 Å². The number of rotatable bonds is 5. The summed E-state index contributed by atoms with van der Waals surface area (Å²) < 4.78 is 0. The third kappa shape index (κ3) is 1.19. The van der Waals surface area contributed by atoms with Crippen LogP contribution in [0.15, 0.2) is 0 Å². The van der Waals surface area contributed by atoms with E-state index in [0.29, 0.717) is 0 Å². The Bertz CT molecular complexity index is 207. The molecule has 0 aromatic rings. The zero-order valence-electron chi connectivity index (χ0n) is 9.17. The monoisotopic (exact) mass is 190 g/mol. The van der Waals surface area contributed by atoms with Gasteiger partial charge in [-0.1, -0.05) is 12.8 Å². The highest BCUT2D eigenvalue weighted by atomic mass is 14.7. The molecule has 0 atom stereocenters. The summed E-state index contributed by atoms with van der Waals surface area (Å²) in [6.07, 6.45) is 14.4. The van der Waals surface area contributed by atoms with Gasteiger partial charge in [0.15, 0.2) is 0 Å². The van der Waals surface area contributed by atoms with Gasteiger partial charge in [0.1, 0.15) is 0 Å². The molecule has 4 saturated carbocycles. The molecule has 0 aromatic carbocycles. The molecule has 0 aromatic heterocycles. The largest absolute Gasteiger partial charge is 0.0502 e. The van der Waals surface area contributed by atoms with Gasteiger partial charge in [-0.05, 0) is 74.0 Å². The van der Waals surface area contributed by atoms with Gasteiger partial charge < -0.3 is 0 Å². The van der Waals surface area contributed by atoms with Crippen molar-refractivity contribution < 1.29 is 0 Å². The molecule has 0 radical (unpaired) electrons. The molecule has 4 aliphatic rings. The molecule has 0 saturated heterocycles. The fourth-order valence-electron chi connectivity index (χ4n) is 4.18. The molecule has 0 nitrogen and oxygen atoms in total. The molecule has 4 aliphatic carbocycles. The van der Waals surface area contributed by atoms with Crippen molar-refractivity contribution in [2.45, 2.75) is 57.8 Å². The van der Waals surface area contributed by atoms with Crippen LogP contribution in [0.3, 0.4) is 0 Å². The molecular weight excluding hydrogens is 168 g/mol. The van der Waals surface area contributed by atoms with Gasteiger partial charge in [-0.3, -0.25) is 0 Å². The molecule has 4 fully saturated rings. The molecule has 0 aliphatic heterocycles. The van der Waals surface area contributed by atoms with Gasteiger partial charge in [-0.25, -0.2) is 0 Å². The molecule has 0 heteroatoms. The summed E-state index contributed by atoms with van der Waals surface area (Å²) in [7, 11) is 0. The molecule has 78 valence electrons. The third-order valence-electron chi connectivity index (χ3n) is 5.35. The first-order valence-electron chi connectivity index (χ1n) is 6.89. The smallest absolute Gasteiger partial charge is 0.0210 e. The van der Waals surface area contributed by atoms with Crippen molar-refractivity contribution in [3.05, 3.63) is 0 Å². The maximum Gasteiger partial charge on any atom is -0.0210 e. The van der Waals surface area contributed by atoms with Gasteiger partial charge >= 0.3 is 0 Å². The Morgan fingerprint density at radius 2 is 1.07 bits per heavy atom. The molecule has 0 spiro atoms. The van der Waals surface area contributed by atoms with Crippen molar-refractivity contribution in [1.82, 2.24) is 0 Å². The van der Waals surface area contributed by atoms with Crippen molar-refractivity contribution in [1.29, 1.82) is 0 Å². The van der Waals surface area contributed by atoms with E-state index in [1.165, 1.54) is 23.7 Å². The number of hydrogen-bond acceptors (Lipinski definition) is 0. The van der Waals surface area contributed by atoms with Crippen LogP contribution >= 0.6 is 0 Å². The molecule has 0 heterocycles. The lowest BCUT2D eigenvalue weighted by Gasteiger charge is -2.35. The average molecular weight is 190 g/mol. The zero-order chi connectivity index (χ0) is 9.17. The van der Waals surface area contributed by atoms with Crippen LogP contribution in [0, 0.1) is 29.1 Å². The molecular formula is C14H22. The Morgan fingerprint density at radius 3 is 1.36 bits per heavy atom. The normalized spacial score (nSPS) is 33.4. The van der Waals surface area contributed by atoms with Crippen LogP contribution in [0.25, 0.3) is 0 Å². The topological polar surface area (TPSA) is 0 Å². The van der Waals surface area contributed by atoms with Gasteiger partial charge in [0.25, 0.3) is 0 Å². The lowest BCUT2D eigenvalue weighted by molar-refractivity contribution is 0.127. The summed E-state index contributed by atoms with van der Waals surface area (Å²) in [4.78, 5) is 0. The highest BCUT2D eigenvalue weighted by Crippen LogP contribution is 2.70. The molecule has 0 N–H and O–H groups in total. The highest BCUT2D eigenvalue weighted by molar-refractivity contribution is 5.10. The van der Waals surface area contributed by atoms with Crippen molar-refractivity contribution in [2.24, 2.45) is 29.1 Å². The van der Waals surface area contributed by atoms with Crippen LogP contribution in [0.4, 0.5) is 0 Å². The first kappa shape index (κ1) is 8.19. The van der Waals surface area contributed by atoms with Gasteiger partial charge in [-0.15, -0.1) is 0 Å². The van der Waals surface area contributed by atoms with Gasteiger partial charge in [0.05, 0.1) is 0 Å². The Labute approximate surface area is 87.5 Å². The maximum atomic E-state index is 1.66. The number of hydrogen-bond donors (Lipinski definition) is 0. The Hall–Kier alpha value is 0. The van der Waals surface area contributed by atoms with Crippen molar-refractivity contribution in [3.63, 3.8) is 0 Å². The van der Waals surface area contributed by atoms with Crippen LogP contribution < -0.4 is 0 Å².